The molecule has 2 aliphatic rings. The van der Waals surface area contributed by atoms with E-state index in [1.165, 1.54) is 55.4 Å². The third-order valence-electron chi connectivity index (χ3n) is 8.23. The Kier molecular flexibility index (Phi) is 8.01. The summed E-state index contributed by atoms with van der Waals surface area (Å²) in [6.45, 7) is 2.45. The van der Waals surface area contributed by atoms with E-state index >= 15 is 0 Å². The molecule has 196 valence electrons. The molecule has 2 nitrogen and oxygen atoms in total. The topological polar surface area (TPSA) is 21.3 Å². The van der Waals surface area contributed by atoms with Crippen molar-refractivity contribution in [1.82, 2.24) is 5.32 Å². The van der Waals surface area contributed by atoms with E-state index in [9.17, 15) is 13.2 Å². The monoisotopic (exact) mass is 507 g/mol. The first-order chi connectivity index (χ1) is 17.9. The summed E-state index contributed by atoms with van der Waals surface area (Å²) in [5.41, 5.74) is 3.74. The summed E-state index contributed by atoms with van der Waals surface area (Å²) in [4.78, 5) is 0. The summed E-state index contributed by atoms with van der Waals surface area (Å²) < 4.78 is 47.6. The van der Waals surface area contributed by atoms with Gasteiger partial charge in [0.2, 0.25) is 0 Å². The van der Waals surface area contributed by atoms with Crippen molar-refractivity contribution in [3.8, 4) is 11.1 Å². The summed E-state index contributed by atoms with van der Waals surface area (Å²) in [5.74, 6) is 0.570. The van der Waals surface area contributed by atoms with Crippen LogP contribution < -0.4 is 5.32 Å². The van der Waals surface area contributed by atoms with Gasteiger partial charge in [-0.1, -0.05) is 73.9 Å². The fourth-order valence-electron chi connectivity index (χ4n) is 6.07. The number of alkyl halides is 3. The van der Waals surface area contributed by atoms with Gasteiger partial charge in [0.15, 0.2) is 0 Å². The van der Waals surface area contributed by atoms with Crippen molar-refractivity contribution < 1.29 is 17.9 Å². The SMILES string of the molecule is FC(F)(F)c1cc(COCC2(c3ccccc3)CCNCC2)cc(-c2ccc(C3CCCCC3)cc2)c1. The first-order valence-corrected chi connectivity index (χ1v) is 13.6. The summed E-state index contributed by atoms with van der Waals surface area (Å²) in [7, 11) is 0. The van der Waals surface area contributed by atoms with Gasteiger partial charge in [0.25, 0.3) is 0 Å². The Morgan fingerprint density at radius 1 is 0.811 bits per heavy atom. The highest BCUT2D eigenvalue weighted by atomic mass is 19.4. The number of halogens is 3. The molecule has 1 N–H and O–H groups in total. The first kappa shape index (κ1) is 26.0. The van der Waals surface area contributed by atoms with Crippen LogP contribution in [0.15, 0.2) is 72.8 Å². The van der Waals surface area contributed by atoms with Crippen molar-refractivity contribution in [3.63, 3.8) is 0 Å². The highest BCUT2D eigenvalue weighted by molar-refractivity contribution is 5.66. The van der Waals surface area contributed by atoms with Crippen molar-refractivity contribution in [2.45, 2.75) is 69.1 Å². The Hall–Kier alpha value is -2.63. The van der Waals surface area contributed by atoms with E-state index in [-0.39, 0.29) is 12.0 Å². The molecule has 1 heterocycles. The molecule has 0 bridgehead atoms. The van der Waals surface area contributed by atoms with E-state index in [4.69, 9.17) is 4.74 Å². The van der Waals surface area contributed by atoms with Crippen LogP contribution in [-0.4, -0.2) is 19.7 Å². The molecule has 0 radical (unpaired) electrons. The molecule has 37 heavy (non-hydrogen) atoms. The average molecular weight is 508 g/mol. The molecule has 3 aromatic rings. The highest BCUT2D eigenvalue weighted by Gasteiger charge is 2.34. The zero-order chi connectivity index (χ0) is 25.7. The molecule has 0 spiro atoms. The quantitative estimate of drug-likeness (QED) is 0.348. The lowest BCUT2D eigenvalue weighted by Gasteiger charge is -2.38. The summed E-state index contributed by atoms with van der Waals surface area (Å²) in [6, 6.07) is 22.8. The molecule has 0 aromatic heterocycles. The standard InChI is InChI=1S/C32H36F3NO/c33-32(34,35)30-20-24(22-37-23-31(15-17-36-18-16-31)29-9-5-2-6-10-29)19-28(21-30)27-13-11-26(12-14-27)25-7-3-1-4-8-25/h2,5-6,9-14,19-21,25,36H,1,3-4,7-8,15-18,22-23H2. The Bertz CT molecular complexity index is 1140. The van der Waals surface area contributed by atoms with Crippen molar-refractivity contribution in [2.75, 3.05) is 19.7 Å². The molecule has 5 heteroatoms. The highest BCUT2D eigenvalue weighted by Crippen LogP contribution is 2.37. The van der Waals surface area contributed by atoms with Gasteiger partial charge in [-0.15, -0.1) is 0 Å². The van der Waals surface area contributed by atoms with Gasteiger partial charge in [0.05, 0.1) is 18.8 Å². The number of piperidine rings is 1. The number of hydrogen-bond donors (Lipinski definition) is 1. The van der Waals surface area contributed by atoms with Crippen molar-refractivity contribution in [2.24, 2.45) is 0 Å². The number of hydrogen-bond acceptors (Lipinski definition) is 2. The Labute approximate surface area is 218 Å². The first-order valence-electron chi connectivity index (χ1n) is 13.6. The maximum atomic E-state index is 13.8. The predicted octanol–water partition coefficient (Wildman–Crippen LogP) is 8.26. The largest absolute Gasteiger partial charge is 0.416 e. The summed E-state index contributed by atoms with van der Waals surface area (Å²) in [6.07, 6.45) is 3.68. The van der Waals surface area contributed by atoms with Crippen LogP contribution >= 0.6 is 0 Å². The molecule has 5 rings (SSSR count). The molecule has 1 saturated heterocycles. The van der Waals surface area contributed by atoms with Crippen molar-refractivity contribution in [3.05, 3.63) is 95.1 Å². The van der Waals surface area contributed by atoms with Crippen LogP contribution in [0.25, 0.3) is 11.1 Å². The minimum atomic E-state index is -4.41. The minimum absolute atomic E-state index is 0.119. The number of ether oxygens (including phenoxy) is 1. The van der Waals surface area contributed by atoms with Crippen LogP contribution in [0, 0.1) is 0 Å². The molecule has 1 saturated carbocycles. The van der Waals surface area contributed by atoms with E-state index < -0.39 is 11.7 Å². The van der Waals surface area contributed by atoms with Gasteiger partial charge < -0.3 is 10.1 Å². The minimum Gasteiger partial charge on any atom is -0.376 e. The second-order valence-electron chi connectivity index (χ2n) is 10.8. The summed E-state index contributed by atoms with van der Waals surface area (Å²) in [5, 5.41) is 3.41. The third-order valence-corrected chi connectivity index (χ3v) is 8.23. The second kappa shape index (κ2) is 11.4. The van der Waals surface area contributed by atoms with Gasteiger partial charge in [0.1, 0.15) is 0 Å². The number of rotatable bonds is 7. The number of benzene rings is 3. The van der Waals surface area contributed by atoms with Gasteiger partial charge in [-0.3, -0.25) is 0 Å². The van der Waals surface area contributed by atoms with Crippen LogP contribution in [0.5, 0.6) is 0 Å². The van der Waals surface area contributed by atoms with E-state index in [0.29, 0.717) is 23.7 Å². The lowest BCUT2D eigenvalue weighted by atomic mass is 9.74. The van der Waals surface area contributed by atoms with E-state index in [1.54, 1.807) is 0 Å². The Balaban J connectivity index is 1.35. The van der Waals surface area contributed by atoms with Crippen LogP contribution in [-0.2, 0) is 22.9 Å². The van der Waals surface area contributed by atoms with Crippen LogP contribution in [0.2, 0.25) is 0 Å². The second-order valence-corrected chi connectivity index (χ2v) is 10.8. The van der Waals surface area contributed by atoms with Crippen LogP contribution in [0.3, 0.4) is 0 Å². The molecular weight excluding hydrogens is 471 g/mol. The lowest BCUT2D eigenvalue weighted by Crippen LogP contribution is -2.43. The summed E-state index contributed by atoms with van der Waals surface area (Å²) >= 11 is 0. The van der Waals surface area contributed by atoms with Gasteiger partial charge in [-0.05, 0) is 90.7 Å². The fourth-order valence-corrected chi connectivity index (χ4v) is 6.07. The average Bonchev–Trinajstić information content (AvgIpc) is 2.94. The molecule has 0 unspecified atom stereocenters. The fraction of sp³-hybridized carbons (Fsp3) is 0.438. The van der Waals surface area contributed by atoms with Gasteiger partial charge in [-0.25, -0.2) is 0 Å². The molecule has 1 aliphatic heterocycles. The Morgan fingerprint density at radius 2 is 1.51 bits per heavy atom. The normalized spacial score (nSPS) is 18.6. The zero-order valence-electron chi connectivity index (χ0n) is 21.3. The molecule has 0 amide bonds. The zero-order valence-corrected chi connectivity index (χ0v) is 21.3. The van der Waals surface area contributed by atoms with Crippen LogP contribution in [0.4, 0.5) is 13.2 Å². The molecule has 1 aliphatic carbocycles. The molecule has 3 aromatic carbocycles. The van der Waals surface area contributed by atoms with Crippen LogP contribution in [0.1, 0.15) is 73.1 Å². The van der Waals surface area contributed by atoms with E-state index in [0.717, 1.165) is 31.5 Å². The number of nitrogens with one attached hydrogen (secondary N) is 1. The van der Waals surface area contributed by atoms with E-state index in [2.05, 4.69) is 29.6 Å². The maximum Gasteiger partial charge on any atom is 0.416 e. The Morgan fingerprint density at radius 3 is 2.19 bits per heavy atom. The van der Waals surface area contributed by atoms with Crippen molar-refractivity contribution >= 4 is 0 Å². The smallest absolute Gasteiger partial charge is 0.376 e. The lowest BCUT2D eigenvalue weighted by molar-refractivity contribution is -0.137. The third kappa shape index (κ3) is 6.27. The van der Waals surface area contributed by atoms with Gasteiger partial charge >= 0.3 is 6.18 Å². The maximum absolute atomic E-state index is 13.8. The molecular formula is C32H36F3NO. The van der Waals surface area contributed by atoms with Crippen molar-refractivity contribution in [1.29, 1.82) is 0 Å². The van der Waals surface area contributed by atoms with Gasteiger partial charge in [-0.2, -0.15) is 13.2 Å². The van der Waals surface area contributed by atoms with E-state index in [1.807, 2.05) is 36.4 Å². The molecule has 0 atom stereocenters. The molecule has 2 fully saturated rings. The predicted molar refractivity (Wildman–Crippen MR) is 143 cm³/mol. The van der Waals surface area contributed by atoms with Gasteiger partial charge in [0, 0.05) is 5.41 Å².